The number of nitrogens with zero attached hydrogens (tertiary/aromatic N) is 1. The first-order chi connectivity index (χ1) is 11.7. The Balaban J connectivity index is 2.24. The van der Waals surface area contributed by atoms with Gasteiger partial charge in [0.1, 0.15) is 5.60 Å². The summed E-state index contributed by atoms with van der Waals surface area (Å²) in [5, 5.41) is 5.55. The summed E-state index contributed by atoms with van der Waals surface area (Å²) in [6, 6.07) is 0.109. The Labute approximate surface area is 150 Å². The highest BCUT2D eigenvalue weighted by Crippen LogP contribution is 2.11. The molecule has 0 aromatic carbocycles. The number of nitrogens with one attached hydrogen (secondary N) is 2. The van der Waals surface area contributed by atoms with Crippen LogP contribution >= 0.6 is 0 Å². The van der Waals surface area contributed by atoms with Gasteiger partial charge in [0.25, 0.3) is 0 Å². The summed E-state index contributed by atoms with van der Waals surface area (Å²) in [6.07, 6.45) is 5.44. The van der Waals surface area contributed by atoms with Crippen molar-refractivity contribution in [3.05, 3.63) is 12.2 Å². The molecule has 7 heteroatoms. The first kappa shape index (κ1) is 21.0. The van der Waals surface area contributed by atoms with Crippen LogP contribution in [0.4, 0.5) is 4.79 Å². The lowest BCUT2D eigenvalue weighted by Gasteiger charge is -2.32. The monoisotopic (exact) mass is 353 g/mol. The van der Waals surface area contributed by atoms with E-state index in [9.17, 15) is 14.4 Å². The maximum Gasteiger partial charge on any atom is 0.407 e. The standard InChI is InChI=1S/C18H31N3O4/c1-5-6-7-15(22)20-14-9-12-21(13-10-14)16(23)8-11-19-17(24)25-18(2,3)4/h6-7,14H,5,8-13H2,1-4H3,(H,19,24)(H,20,22)/b7-6+. The minimum Gasteiger partial charge on any atom is -0.444 e. The van der Waals surface area contributed by atoms with Crippen molar-refractivity contribution in [1.82, 2.24) is 15.5 Å². The number of ether oxygens (including phenoxy) is 1. The molecule has 25 heavy (non-hydrogen) atoms. The predicted molar refractivity (Wildman–Crippen MR) is 96.0 cm³/mol. The Hall–Kier alpha value is -2.05. The molecule has 0 saturated carbocycles. The van der Waals surface area contributed by atoms with Gasteiger partial charge in [-0.3, -0.25) is 9.59 Å². The van der Waals surface area contributed by atoms with E-state index in [-0.39, 0.29) is 30.8 Å². The number of likely N-dealkylation sites (tertiary alicyclic amines) is 1. The number of hydrogen-bond acceptors (Lipinski definition) is 4. The van der Waals surface area contributed by atoms with Crippen LogP contribution in [0.1, 0.15) is 53.4 Å². The lowest BCUT2D eigenvalue weighted by atomic mass is 10.0. The van der Waals surface area contributed by atoms with Gasteiger partial charge < -0.3 is 20.3 Å². The van der Waals surface area contributed by atoms with Gasteiger partial charge in [-0.05, 0) is 46.1 Å². The van der Waals surface area contributed by atoms with E-state index in [2.05, 4.69) is 10.6 Å². The second-order valence-electron chi connectivity index (χ2n) is 7.15. The molecule has 142 valence electrons. The van der Waals surface area contributed by atoms with Crippen LogP contribution in [0, 0.1) is 0 Å². The number of rotatable bonds is 6. The molecule has 1 aliphatic heterocycles. The molecule has 2 N–H and O–H groups in total. The number of hydrogen-bond donors (Lipinski definition) is 2. The SMILES string of the molecule is CC/C=C/C(=O)NC1CCN(C(=O)CCNC(=O)OC(C)(C)C)CC1. The van der Waals surface area contributed by atoms with Crippen LogP contribution in [0.2, 0.25) is 0 Å². The molecule has 7 nitrogen and oxygen atoms in total. The minimum absolute atomic E-state index is 0.00622. The molecular weight excluding hydrogens is 322 g/mol. The van der Waals surface area contributed by atoms with Crippen LogP contribution in [-0.2, 0) is 14.3 Å². The molecule has 0 bridgehead atoms. The zero-order chi connectivity index (χ0) is 18.9. The third-order valence-corrected chi connectivity index (χ3v) is 3.71. The fraction of sp³-hybridized carbons (Fsp3) is 0.722. The van der Waals surface area contributed by atoms with Crippen LogP contribution in [0.5, 0.6) is 0 Å². The zero-order valence-corrected chi connectivity index (χ0v) is 15.8. The van der Waals surface area contributed by atoms with Crippen molar-refractivity contribution >= 4 is 17.9 Å². The quantitative estimate of drug-likeness (QED) is 0.715. The van der Waals surface area contributed by atoms with E-state index in [1.54, 1.807) is 31.7 Å². The molecule has 1 heterocycles. The third kappa shape index (κ3) is 9.12. The Morgan fingerprint density at radius 3 is 2.40 bits per heavy atom. The highest BCUT2D eigenvalue weighted by molar-refractivity contribution is 5.87. The number of alkyl carbamates (subject to hydrolysis) is 1. The van der Waals surface area contributed by atoms with Gasteiger partial charge in [-0.1, -0.05) is 13.0 Å². The van der Waals surface area contributed by atoms with E-state index in [1.807, 2.05) is 13.0 Å². The van der Waals surface area contributed by atoms with E-state index >= 15 is 0 Å². The Kier molecular flexibility index (Phi) is 8.45. The maximum absolute atomic E-state index is 12.2. The Bertz CT molecular complexity index is 489. The smallest absolute Gasteiger partial charge is 0.407 e. The molecule has 1 aliphatic rings. The molecule has 0 unspecified atom stereocenters. The maximum atomic E-state index is 12.2. The topological polar surface area (TPSA) is 87.7 Å². The Morgan fingerprint density at radius 1 is 1.20 bits per heavy atom. The van der Waals surface area contributed by atoms with E-state index in [4.69, 9.17) is 4.74 Å². The minimum atomic E-state index is -0.549. The number of allylic oxidation sites excluding steroid dienone is 1. The summed E-state index contributed by atoms with van der Waals surface area (Å²) in [4.78, 5) is 37.1. The van der Waals surface area contributed by atoms with Crippen LogP contribution < -0.4 is 10.6 Å². The molecule has 0 radical (unpaired) electrons. The summed E-state index contributed by atoms with van der Waals surface area (Å²) in [6.45, 7) is 8.84. The zero-order valence-electron chi connectivity index (χ0n) is 15.8. The molecule has 0 atom stereocenters. The second-order valence-corrected chi connectivity index (χ2v) is 7.15. The average molecular weight is 353 g/mol. The molecule has 0 aliphatic carbocycles. The van der Waals surface area contributed by atoms with Crippen LogP contribution in [0.25, 0.3) is 0 Å². The van der Waals surface area contributed by atoms with Crippen molar-refractivity contribution in [3.8, 4) is 0 Å². The Morgan fingerprint density at radius 2 is 1.84 bits per heavy atom. The molecule has 1 fully saturated rings. The molecule has 0 aromatic heterocycles. The van der Waals surface area contributed by atoms with Crippen molar-refractivity contribution in [2.45, 2.75) is 65.0 Å². The lowest BCUT2D eigenvalue weighted by molar-refractivity contribution is -0.132. The highest BCUT2D eigenvalue weighted by Gasteiger charge is 2.23. The van der Waals surface area contributed by atoms with Gasteiger partial charge in [-0.2, -0.15) is 0 Å². The summed E-state index contributed by atoms with van der Waals surface area (Å²) in [5.74, 6) is -0.0695. The van der Waals surface area contributed by atoms with Crippen LogP contribution in [0.3, 0.4) is 0 Å². The predicted octanol–water partition coefficient (Wildman–Crippen LogP) is 1.97. The van der Waals surface area contributed by atoms with Gasteiger partial charge in [0.2, 0.25) is 11.8 Å². The van der Waals surface area contributed by atoms with Gasteiger partial charge in [0.15, 0.2) is 0 Å². The molecule has 1 rings (SSSR count). The van der Waals surface area contributed by atoms with Gasteiger partial charge in [-0.25, -0.2) is 4.79 Å². The van der Waals surface area contributed by atoms with Crippen LogP contribution in [0.15, 0.2) is 12.2 Å². The van der Waals surface area contributed by atoms with Crippen molar-refractivity contribution in [2.24, 2.45) is 0 Å². The van der Waals surface area contributed by atoms with E-state index in [1.165, 1.54) is 0 Å². The van der Waals surface area contributed by atoms with Gasteiger partial charge >= 0.3 is 6.09 Å². The fourth-order valence-electron chi connectivity index (χ4n) is 2.49. The number of piperidine rings is 1. The van der Waals surface area contributed by atoms with Gasteiger partial charge in [0, 0.05) is 32.1 Å². The summed E-state index contributed by atoms with van der Waals surface area (Å²) < 4.78 is 5.12. The summed E-state index contributed by atoms with van der Waals surface area (Å²) in [5.41, 5.74) is -0.549. The first-order valence-electron chi connectivity index (χ1n) is 8.93. The lowest BCUT2D eigenvalue weighted by Crippen LogP contribution is -2.46. The second kappa shape index (κ2) is 10.1. The molecule has 0 spiro atoms. The normalized spacial score (nSPS) is 15.9. The molecule has 3 amide bonds. The summed E-state index contributed by atoms with van der Waals surface area (Å²) in [7, 11) is 0. The molecular formula is C18H31N3O4. The largest absolute Gasteiger partial charge is 0.444 e. The first-order valence-corrected chi connectivity index (χ1v) is 8.93. The van der Waals surface area contributed by atoms with E-state index in [0.29, 0.717) is 13.1 Å². The average Bonchev–Trinajstić information content (AvgIpc) is 2.51. The number of carbonyl (C=O) groups is 3. The van der Waals surface area contributed by atoms with Gasteiger partial charge in [0.05, 0.1) is 0 Å². The van der Waals surface area contributed by atoms with Crippen LogP contribution in [-0.4, -0.2) is 54.1 Å². The number of amides is 3. The number of carbonyl (C=O) groups excluding carboxylic acids is 3. The van der Waals surface area contributed by atoms with Crippen molar-refractivity contribution in [3.63, 3.8) is 0 Å². The molecule has 0 aromatic rings. The van der Waals surface area contributed by atoms with E-state index < -0.39 is 11.7 Å². The van der Waals surface area contributed by atoms with Crippen molar-refractivity contribution < 1.29 is 19.1 Å². The van der Waals surface area contributed by atoms with Gasteiger partial charge in [-0.15, -0.1) is 0 Å². The van der Waals surface area contributed by atoms with Crippen molar-refractivity contribution in [1.29, 1.82) is 0 Å². The summed E-state index contributed by atoms with van der Waals surface area (Å²) >= 11 is 0. The highest BCUT2D eigenvalue weighted by atomic mass is 16.6. The fourth-order valence-corrected chi connectivity index (χ4v) is 2.49. The van der Waals surface area contributed by atoms with E-state index in [0.717, 1.165) is 19.3 Å². The third-order valence-electron chi connectivity index (χ3n) is 3.71. The molecule has 1 saturated heterocycles. The van der Waals surface area contributed by atoms with Crippen molar-refractivity contribution in [2.75, 3.05) is 19.6 Å².